The summed E-state index contributed by atoms with van der Waals surface area (Å²) < 4.78 is 31.6. The molecule has 1 saturated carbocycles. The highest BCUT2D eigenvalue weighted by Gasteiger charge is 2.60. The number of piperidine rings is 2. The average Bonchev–Trinajstić information content (AvgIpc) is 3.22. The van der Waals surface area contributed by atoms with Gasteiger partial charge in [-0.05, 0) is 37.8 Å². The number of carbonyl (C=O) groups excluding carboxylic acids is 2. The maximum atomic E-state index is 15.0. The number of hydrogen-bond donors (Lipinski definition) is 2. The van der Waals surface area contributed by atoms with Crippen molar-refractivity contribution in [1.29, 1.82) is 0 Å². The zero-order valence-electron chi connectivity index (χ0n) is 20.7. The van der Waals surface area contributed by atoms with E-state index in [-0.39, 0.29) is 56.1 Å². The summed E-state index contributed by atoms with van der Waals surface area (Å²) in [4.78, 5) is 64.0. The molecule has 7 rings (SSSR count). The van der Waals surface area contributed by atoms with Gasteiger partial charge < -0.3 is 19.8 Å². The van der Waals surface area contributed by atoms with Gasteiger partial charge in [0, 0.05) is 37.5 Å². The summed E-state index contributed by atoms with van der Waals surface area (Å²) >= 11 is 0. The van der Waals surface area contributed by atoms with Gasteiger partial charge in [-0.15, -0.1) is 0 Å². The number of halogens is 2. The topological polar surface area (TPSA) is 124 Å². The number of aromatic nitrogens is 4. The fraction of sp³-hybridized carbons (Fsp3) is 0.500. The molecule has 0 spiro atoms. The van der Waals surface area contributed by atoms with Crippen LogP contribution in [0.3, 0.4) is 0 Å². The smallest absolute Gasteiger partial charge is 0.326 e. The number of aromatic amines is 2. The predicted octanol–water partition coefficient (Wildman–Crippen LogP) is 1.79. The van der Waals surface area contributed by atoms with E-state index in [0.29, 0.717) is 29.6 Å². The molecular formula is C26H28F2N6O4. The number of fused-ring (bicyclic) bond motifs is 5. The third-order valence-electron chi connectivity index (χ3n) is 8.25. The molecule has 1 aromatic carbocycles. The fourth-order valence-corrected chi connectivity index (χ4v) is 6.43. The first-order valence-electron chi connectivity index (χ1n) is 13.0. The van der Waals surface area contributed by atoms with Crippen LogP contribution < -0.4 is 11.2 Å². The number of benzene rings is 1. The van der Waals surface area contributed by atoms with Crippen LogP contribution in [0.1, 0.15) is 43.4 Å². The van der Waals surface area contributed by atoms with E-state index in [9.17, 15) is 19.2 Å². The number of H-pyrrole nitrogens is 2. The minimum absolute atomic E-state index is 0.0320. The standard InChI is InChI=1S/C26H28F2N6O4/c27-26(28)12-15-7-8-17(26)22(24(37)32-11-9-16-19(13-32)29-14-30-23(16)36)34(15)21(35)6-3-10-33-20-5-2-1-4-18(20)31-25(33)38/h1-2,4-5,14-15,17,22H,3,6-13H2,(H,31,38)(H,29,30,36)/t15?,17?,22-/m0/s1. The van der Waals surface area contributed by atoms with Crippen LogP contribution in [0.5, 0.6) is 0 Å². The Morgan fingerprint density at radius 1 is 1.16 bits per heavy atom. The maximum Gasteiger partial charge on any atom is 0.326 e. The molecule has 2 saturated heterocycles. The van der Waals surface area contributed by atoms with E-state index < -0.39 is 36.3 Å². The highest BCUT2D eigenvalue weighted by atomic mass is 19.3. The number of para-hydroxylation sites is 2. The molecule has 0 radical (unpaired) electrons. The molecule has 2 N–H and O–H groups in total. The van der Waals surface area contributed by atoms with E-state index in [1.807, 2.05) is 18.2 Å². The first kappa shape index (κ1) is 24.5. The van der Waals surface area contributed by atoms with Gasteiger partial charge in [-0.25, -0.2) is 18.6 Å². The van der Waals surface area contributed by atoms with Crippen LogP contribution in [-0.2, 0) is 29.1 Å². The van der Waals surface area contributed by atoms with Crippen LogP contribution in [0.4, 0.5) is 8.78 Å². The molecule has 10 nitrogen and oxygen atoms in total. The number of aryl methyl sites for hydroxylation is 1. The predicted molar refractivity (Wildman–Crippen MR) is 132 cm³/mol. The Bertz CT molecular complexity index is 1530. The van der Waals surface area contributed by atoms with Crippen molar-refractivity contribution in [3.63, 3.8) is 0 Å². The van der Waals surface area contributed by atoms with Crippen LogP contribution in [0.2, 0.25) is 0 Å². The lowest BCUT2D eigenvalue weighted by Crippen LogP contribution is -2.68. The summed E-state index contributed by atoms with van der Waals surface area (Å²) in [6, 6.07) is 5.27. The van der Waals surface area contributed by atoms with Gasteiger partial charge in [0.15, 0.2) is 0 Å². The van der Waals surface area contributed by atoms with E-state index in [1.54, 1.807) is 10.6 Å². The summed E-state index contributed by atoms with van der Waals surface area (Å²) in [7, 11) is 0. The number of carbonyl (C=O) groups is 2. The third-order valence-corrected chi connectivity index (χ3v) is 8.25. The molecule has 2 bridgehead atoms. The van der Waals surface area contributed by atoms with E-state index in [2.05, 4.69) is 15.0 Å². The SMILES string of the molecule is O=C([C@@H]1C2CCC(CC2(F)F)N1C(=O)CCCn1c(=O)[nH]c2ccccc21)N1CCc2c(nc[nH]c2=O)C1. The van der Waals surface area contributed by atoms with Crippen molar-refractivity contribution in [2.24, 2.45) is 5.92 Å². The largest absolute Gasteiger partial charge is 0.335 e. The molecule has 3 atom stereocenters. The highest BCUT2D eigenvalue weighted by molar-refractivity contribution is 5.89. The molecule has 2 aromatic heterocycles. The summed E-state index contributed by atoms with van der Waals surface area (Å²) in [5.41, 5.74) is 1.82. The lowest BCUT2D eigenvalue weighted by atomic mass is 9.71. The molecule has 4 aliphatic rings. The summed E-state index contributed by atoms with van der Waals surface area (Å²) in [5.74, 6) is -5.17. The van der Waals surface area contributed by atoms with Crippen molar-refractivity contribution in [1.82, 2.24) is 29.3 Å². The monoisotopic (exact) mass is 526 g/mol. The maximum absolute atomic E-state index is 15.0. The minimum Gasteiger partial charge on any atom is -0.335 e. The second-order valence-corrected chi connectivity index (χ2v) is 10.4. The van der Waals surface area contributed by atoms with E-state index in [1.165, 1.54) is 16.1 Å². The Kier molecular flexibility index (Phi) is 5.92. The lowest BCUT2D eigenvalue weighted by Gasteiger charge is -2.54. The molecule has 2 unspecified atom stereocenters. The number of nitrogens with one attached hydrogen (secondary N) is 2. The van der Waals surface area contributed by atoms with Crippen molar-refractivity contribution < 1.29 is 18.4 Å². The van der Waals surface area contributed by atoms with Crippen LogP contribution in [0, 0.1) is 5.92 Å². The molecular weight excluding hydrogens is 498 g/mol. The number of rotatable bonds is 5. The van der Waals surface area contributed by atoms with Gasteiger partial charge in [0.05, 0.1) is 35.5 Å². The second kappa shape index (κ2) is 9.17. The van der Waals surface area contributed by atoms with Gasteiger partial charge in [0.2, 0.25) is 11.8 Å². The summed E-state index contributed by atoms with van der Waals surface area (Å²) in [6.07, 6.45) is 2.05. The van der Waals surface area contributed by atoms with Crippen LogP contribution in [0.15, 0.2) is 40.2 Å². The molecule has 2 amide bonds. The normalized spacial score (nSPS) is 24.0. The van der Waals surface area contributed by atoms with Crippen LogP contribution in [0.25, 0.3) is 11.0 Å². The third kappa shape index (κ3) is 4.02. The molecule has 3 fully saturated rings. The van der Waals surface area contributed by atoms with E-state index in [4.69, 9.17) is 0 Å². The summed E-state index contributed by atoms with van der Waals surface area (Å²) in [6.45, 7) is 0.531. The van der Waals surface area contributed by atoms with Crippen molar-refractivity contribution in [2.45, 2.75) is 69.6 Å². The number of alkyl halides is 2. The van der Waals surface area contributed by atoms with Gasteiger partial charge in [-0.3, -0.25) is 19.0 Å². The van der Waals surface area contributed by atoms with Gasteiger partial charge in [-0.1, -0.05) is 12.1 Å². The molecule has 200 valence electrons. The van der Waals surface area contributed by atoms with Crippen LogP contribution in [-0.4, -0.2) is 65.7 Å². The Morgan fingerprint density at radius 3 is 2.79 bits per heavy atom. The van der Waals surface area contributed by atoms with Gasteiger partial charge in [0.25, 0.3) is 11.5 Å². The van der Waals surface area contributed by atoms with Crippen LogP contribution >= 0.6 is 0 Å². The molecule has 3 aromatic rings. The van der Waals surface area contributed by atoms with Crippen molar-refractivity contribution >= 4 is 22.8 Å². The molecule has 12 heteroatoms. The van der Waals surface area contributed by atoms with Crippen molar-refractivity contribution in [3.05, 3.63) is 62.7 Å². The lowest BCUT2D eigenvalue weighted by molar-refractivity contribution is -0.198. The Balaban J connectivity index is 1.21. The Morgan fingerprint density at radius 2 is 1.97 bits per heavy atom. The van der Waals surface area contributed by atoms with Gasteiger partial charge in [-0.2, -0.15) is 0 Å². The number of amides is 2. The zero-order chi connectivity index (χ0) is 26.6. The highest BCUT2D eigenvalue weighted by Crippen LogP contribution is 2.49. The minimum atomic E-state index is -3.04. The Hall–Kier alpha value is -3.83. The number of nitrogens with zero attached hydrogens (tertiary/aromatic N) is 4. The first-order valence-corrected chi connectivity index (χ1v) is 13.0. The molecule has 1 aliphatic carbocycles. The quantitative estimate of drug-likeness (QED) is 0.525. The average molecular weight is 527 g/mol. The van der Waals surface area contributed by atoms with Crippen molar-refractivity contribution in [3.8, 4) is 0 Å². The summed E-state index contributed by atoms with van der Waals surface area (Å²) in [5, 5.41) is 0. The van der Waals surface area contributed by atoms with Gasteiger partial charge in [0.1, 0.15) is 6.04 Å². The number of imidazole rings is 1. The second-order valence-electron chi connectivity index (χ2n) is 10.4. The van der Waals surface area contributed by atoms with Crippen molar-refractivity contribution in [2.75, 3.05) is 6.54 Å². The van der Waals surface area contributed by atoms with E-state index in [0.717, 1.165) is 5.52 Å². The zero-order valence-corrected chi connectivity index (χ0v) is 20.7. The Labute approximate surface area is 215 Å². The van der Waals surface area contributed by atoms with E-state index >= 15 is 8.78 Å². The fourth-order valence-electron chi connectivity index (χ4n) is 6.43. The molecule has 5 heterocycles. The molecule has 38 heavy (non-hydrogen) atoms. The van der Waals surface area contributed by atoms with Gasteiger partial charge >= 0.3 is 5.69 Å². The molecule has 3 aliphatic heterocycles. The first-order chi connectivity index (χ1) is 18.2. The number of hydrogen-bond acceptors (Lipinski definition) is 5.